The smallest absolute Gasteiger partial charge is 0.270 e. The second-order valence-electron chi connectivity index (χ2n) is 5.30. The second-order valence-corrected chi connectivity index (χ2v) is 5.30. The van der Waals surface area contributed by atoms with E-state index in [4.69, 9.17) is 9.47 Å². The number of ether oxygens (including phenoxy) is 2. The number of hydrogen-bond donors (Lipinski definition) is 1. The summed E-state index contributed by atoms with van der Waals surface area (Å²) in [7, 11) is 1.54. The van der Waals surface area contributed by atoms with E-state index in [9.17, 15) is 4.79 Å². The van der Waals surface area contributed by atoms with Gasteiger partial charge in [-0.3, -0.25) is 4.79 Å². The van der Waals surface area contributed by atoms with Crippen molar-refractivity contribution in [1.29, 1.82) is 0 Å². The molecule has 3 rings (SSSR count). The number of hydrogen-bond acceptors (Lipinski definition) is 4. The quantitative estimate of drug-likeness (QED) is 0.744. The van der Waals surface area contributed by atoms with Gasteiger partial charge in [-0.25, -0.2) is 4.98 Å². The van der Waals surface area contributed by atoms with Gasteiger partial charge in [0.1, 0.15) is 5.75 Å². The van der Waals surface area contributed by atoms with Gasteiger partial charge in [-0.2, -0.15) is 0 Å². The molecule has 3 aromatic rings. The maximum atomic E-state index is 12.8. The number of carbonyl (C=O) groups is 1. The highest BCUT2D eigenvalue weighted by Crippen LogP contribution is 2.23. The topological polar surface area (TPSA) is 60.5 Å². The number of carbonyl (C=O) groups excluding carboxylic acids is 1. The van der Waals surface area contributed by atoms with Crippen molar-refractivity contribution in [2.45, 2.75) is 6.10 Å². The van der Waals surface area contributed by atoms with Crippen LogP contribution in [-0.2, 0) is 4.79 Å². The van der Waals surface area contributed by atoms with E-state index in [-0.39, 0.29) is 5.91 Å². The molecule has 1 heterocycles. The van der Waals surface area contributed by atoms with Gasteiger partial charge in [0.15, 0.2) is 0 Å². The summed E-state index contributed by atoms with van der Waals surface area (Å²) in [5.41, 5.74) is 1.34. The number of nitrogens with one attached hydrogen (secondary N) is 1. The third kappa shape index (κ3) is 4.35. The predicted molar refractivity (Wildman–Crippen MR) is 95.7 cm³/mol. The van der Waals surface area contributed by atoms with Crippen LogP contribution in [0.5, 0.6) is 11.6 Å². The molecular weight excluding hydrogens is 316 g/mol. The molecule has 0 saturated carbocycles. The molecule has 25 heavy (non-hydrogen) atoms. The third-order valence-corrected chi connectivity index (χ3v) is 3.55. The van der Waals surface area contributed by atoms with Crippen LogP contribution in [-0.4, -0.2) is 18.0 Å². The summed E-state index contributed by atoms with van der Waals surface area (Å²) in [5, 5.41) is 2.83. The fraction of sp³-hybridized carbons (Fsp3) is 0.100. The molecule has 0 saturated heterocycles. The first-order chi connectivity index (χ1) is 12.3. The summed E-state index contributed by atoms with van der Waals surface area (Å²) in [5.74, 6) is 0.833. The number of nitrogens with zero attached hydrogens (tertiary/aromatic N) is 1. The van der Waals surface area contributed by atoms with E-state index < -0.39 is 6.10 Å². The van der Waals surface area contributed by atoms with Crippen molar-refractivity contribution in [3.05, 3.63) is 84.6 Å². The van der Waals surface area contributed by atoms with E-state index >= 15 is 0 Å². The van der Waals surface area contributed by atoms with Gasteiger partial charge >= 0.3 is 0 Å². The lowest BCUT2D eigenvalue weighted by atomic mass is 10.1. The number of anilines is 1. The fourth-order valence-electron chi connectivity index (χ4n) is 2.32. The Labute approximate surface area is 146 Å². The summed E-state index contributed by atoms with van der Waals surface area (Å²) in [4.78, 5) is 16.9. The van der Waals surface area contributed by atoms with Crippen molar-refractivity contribution in [2.75, 3.05) is 12.4 Å². The number of rotatable bonds is 6. The summed E-state index contributed by atoms with van der Waals surface area (Å²) in [6.45, 7) is 0. The molecule has 126 valence electrons. The Hall–Kier alpha value is -3.34. The number of amides is 1. The first kappa shape index (κ1) is 16.5. The Morgan fingerprint density at radius 1 is 0.960 bits per heavy atom. The average molecular weight is 334 g/mol. The molecule has 0 aliphatic rings. The van der Waals surface area contributed by atoms with Crippen LogP contribution in [0, 0.1) is 0 Å². The molecule has 5 heteroatoms. The number of para-hydroxylation sites is 1. The highest BCUT2D eigenvalue weighted by molar-refractivity contribution is 5.95. The van der Waals surface area contributed by atoms with E-state index in [1.165, 1.54) is 0 Å². The lowest BCUT2D eigenvalue weighted by molar-refractivity contribution is -0.123. The molecule has 0 aliphatic carbocycles. The molecule has 1 amide bonds. The minimum absolute atomic E-state index is 0.276. The van der Waals surface area contributed by atoms with Crippen LogP contribution >= 0.6 is 0 Å². The van der Waals surface area contributed by atoms with Gasteiger partial charge in [0.25, 0.3) is 5.91 Å². The minimum Gasteiger partial charge on any atom is -0.481 e. The molecule has 1 unspecified atom stereocenters. The normalized spacial score (nSPS) is 11.4. The van der Waals surface area contributed by atoms with Crippen LogP contribution in [0.15, 0.2) is 79.0 Å². The fourth-order valence-corrected chi connectivity index (χ4v) is 2.32. The predicted octanol–water partition coefficient (Wildman–Crippen LogP) is 3.85. The molecule has 0 bridgehead atoms. The zero-order valence-electron chi connectivity index (χ0n) is 13.8. The molecule has 0 spiro atoms. The molecule has 0 fully saturated rings. The van der Waals surface area contributed by atoms with Crippen molar-refractivity contribution in [3.63, 3.8) is 0 Å². The molecule has 1 aromatic heterocycles. The zero-order chi connectivity index (χ0) is 17.5. The highest BCUT2D eigenvalue weighted by Gasteiger charge is 2.23. The van der Waals surface area contributed by atoms with Gasteiger partial charge in [-0.15, -0.1) is 0 Å². The first-order valence-electron chi connectivity index (χ1n) is 7.84. The average Bonchev–Trinajstić information content (AvgIpc) is 2.68. The highest BCUT2D eigenvalue weighted by atomic mass is 16.5. The van der Waals surface area contributed by atoms with Gasteiger partial charge in [0.2, 0.25) is 12.0 Å². The molecule has 2 aromatic carbocycles. The number of benzene rings is 2. The number of pyridine rings is 1. The van der Waals surface area contributed by atoms with Crippen LogP contribution < -0.4 is 14.8 Å². The van der Waals surface area contributed by atoms with Crippen LogP contribution in [0.25, 0.3) is 0 Å². The molecule has 0 aliphatic heterocycles. The number of aromatic nitrogens is 1. The van der Waals surface area contributed by atoms with Crippen molar-refractivity contribution in [1.82, 2.24) is 4.98 Å². The minimum atomic E-state index is -0.772. The maximum absolute atomic E-state index is 12.8. The van der Waals surface area contributed by atoms with Crippen LogP contribution in [0.3, 0.4) is 0 Å². The summed E-state index contributed by atoms with van der Waals surface area (Å²) >= 11 is 0. The van der Waals surface area contributed by atoms with Crippen LogP contribution in [0.2, 0.25) is 0 Å². The molecule has 5 nitrogen and oxygen atoms in total. The Morgan fingerprint density at radius 2 is 1.64 bits per heavy atom. The SMILES string of the molecule is COc1ccc(NC(=O)C(Oc2ccccc2)c2ccccc2)cn1. The van der Waals surface area contributed by atoms with E-state index in [1.807, 2.05) is 60.7 Å². The lowest BCUT2D eigenvalue weighted by Gasteiger charge is -2.19. The zero-order valence-corrected chi connectivity index (χ0v) is 13.8. The van der Waals surface area contributed by atoms with Crippen molar-refractivity contribution in [2.24, 2.45) is 0 Å². The Morgan fingerprint density at radius 3 is 2.24 bits per heavy atom. The van der Waals surface area contributed by atoms with Gasteiger partial charge in [-0.05, 0) is 18.2 Å². The molecule has 1 atom stereocenters. The van der Waals surface area contributed by atoms with Gasteiger partial charge in [0.05, 0.1) is 19.0 Å². The molecule has 1 N–H and O–H groups in total. The van der Waals surface area contributed by atoms with Crippen molar-refractivity contribution >= 4 is 11.6 Å². The van der Waals surface area contributed by atoms with Crippen molar-refractivity contribution in [3.8, 4) is 11.6 Å². The third-order valence-electron chi connectivity index (χ3n) is 3.55. The molecule has 0 radical (unpaired) electrons. The van der Waals surface area contributed by atoms with Gasteiger partial charge in [-0.1, -0.05) is 48.5 Å². The molecular formula is C20H18N2O3. The largest absolute Gasteiger partial charge is 0.481 e. The monoisotopic (exact) mass is 334 g/mol. The first-order valence-corrected chi connectivity index (χ1v) is 7.84. The lowest BCUT2D eigenvalue weighted by Crippen LogP contribution is -2.25. The van der Waals surface area contributed by atoms with Crippen LogP contribution in [0.4, 0.5) is 5.69 Å². The van der Waals surface area contributed by atoms with E-state index in [0.29, 0.717) is 17.3 Å². The standard InChI is InChI=1S/C20H18N2O3/c1-24-18-13-12-16(14-21-18)22-20(23)19(15-8-4-2-5-9-15)25-17-10-6-3-7-11-17/h2-14,19H,1H3,(H,22,23). The summed E-state index contributed by atoms with van der Waals surface area (Å²) < 4.78 is 10.9. The Bertz CT molecular complexity index is 805. The summed E-state index contributed by atoms with van der Waals surface area (Å²) in [6, 6.07) is 22.0. The number of methoxy groups -OCH3 is 1. The van der Waals surface area contributed by atoms with Crippen molar-refractivity contribution < 1.29 is 14.3 Å². The van der Waals surface area contributed by atoms with E-state index in [2.05, 4.69) is 10.3 Å². The van der Waals surface area contributed by atoms with E-state index in [1.54, 1.807) is 25.4 Å². The van der Waals surface area contributed by atoms with Gasteiger partial charge < -0.3 is 14.8 Å². The van der Waals surface area contributed by atoms with E-state index in [0.717, 1.165) is 5.56 Å². The van der Waals surface area contributed by atoms with Gasteiger partial charge in [0, 0.05) is 11.6 Å². The summed E-state index contributed by atoms with van der Waals surface area (Å²) in [6.07, 6.45) is 0.770. The Balaban J connectivity index is 1.81. The second kappa shape index (κ2) is 7.97. The van der Waals surface area contributed by atoms with Crippen LogP contribution in [0.1, 0.15) is 11.7 Å². The maximum Gasteiger partial charge on any atom is 0.270 e. The Kier molecular flexibility index (Phi) is 5.26.